The Morgan fingerprint density at radius 1 is 1.22 bits per heavy atom. The number of hydrogen-bond donors (Lipinski definition) is 1. The van der Waals surface area contributed by atoms with Gasteiger partial charge in [-0.25, -0.2) is 0 Å². The Labute approximate surface area is 140 Å². The number of rotatable bonds is 8. The van der Waals surface area contributed by atoms with Crippen molar-refractivity contribution in [2.45, 2.75) is 39.5 Å². The fraction of sp³-hybridized carbons (Fsp3) is 0.632. The van der Waals surface area contributed by atoms with Crippen LogP contribution < -0.4 is 10.2 Å². The monoisotopic (exact) mass is 318 g/mol. The third-order valence-corrected chi connectivity index (χ3v) is 4.60. The largest absolute Gasteiger partial charge is 0.378 e. The van der Waals surface area contributed by atoms with Gasteiger partial charge in [0.15, 0.2) is 0 Å². The fourth-order valence-corrected chi connectivity index (χ4v) is 2.93. The molecule has 2 rings (SSSR count). The maximum absolute atomic E-state index is 12.3. The van der Waals surface area contributed by atoms with Crippen LogP contribution in [0.1, 0.15) is 49.9 Å². The lowest BCUT2D eigenvalue weighted by atomic mass is 9.99. The number of carbonyl (C=O) groups excluding carboxylic acids is 1. The van der Waals surface area contributed by atoms with Crippen molar-refractivity contribution in [1.29, 1.82) is 0 Å². The third-order valence-electron chi connectivity index (χ3n) is 4.60. The van der Waals surface area contributed by atoms with Gasteiger partial charge in [0.1, 0.15) is 0 Å². The van der Waals surface area contributed by atoms with Gasteiger partial charge in [-0.15, -0.1) is 0 Å². The Balaban J connectivity index is 1.84. The van der Waals surface area contributed by atoms with Crippen molar-refractivity contribution in [1.82, 2.24) is 5.32 Å². The van der Waals surface area contributed by atoms with E-state index in [1.807, 2.05) is 24.3 Å². The molecule has 1 amide bonds. The Kier molecular flexibility index (Phi) is 7.40. The minimum atomic E-state index is 0.0356. The molecule has 1 aliphatic rings. The number of carbonyl (C=O) groups is 1. The van der Waals surface area contributed by atoms with E-state index < -0.39 is 0 Å². The average molecular weight is 318 g/mol. The van der Waals surface area contributed by atoms with E-state index in [9.17, 15) is 4.79 Å². The second kappa shape index (κ2) is 9.56. The topological polar surface area (TPSA) is 41.6 Å². The van der Waals surface area contributed by atoms with Crippen LogP contribution in [-0.4, -0.2) is 38.8 Å². The summed E-state index contributed by atoms with van der Waals surface area (Å²) >= 11 is 0. The van der Waals surface area contributed by atoms with Crippen molar-refractivity contribution in [3.8, 4) is 0 Å². The third kappa shape index (κ3) is 5.54. The van der Waals surface area contributed by atoms with E-state index in [1.54, 1.807) is 0 Å². The maximum atomic E-state index is 12.3. The lowest BCUT2D eigenvalue weighted by molar-refractivity contribution is 0.0945. The lowest BCUT2D eigenvalue weighted by Gasteiger charge is -2.28. The number of morpholine rings is 1. The van der Waals surface area contributed by atoms with Crippen LogP contribution in [-0.2, 0) is 4.74 Å². The number of amides is 1. The van der Waals surface area contributed by atoms with Gasteiger partial charge < -0.3 is 15.0 Å². The molecule has 0 saturated carbocycles. The van der Waals surface area contributed by atoms with Gasteiger partial charge in [-0.2, -0.15) is 0 Å². The van der Waals surface area contributed by atoms with Crippen LogP contribution in [0.25, 0.3) is 0 Å². The van der Waals surface area contributed by atoms with Gasteiger partial charge in [0.2, 0.25) is 0 Å². The summed E-state index contributed by atoms with van der Waals surface area (Å²) < 4.78 is 5.37. The maximum Gasteiger partial charge on any atom is 0.251 e. The summed E-state index contributed by atoms with van der Waals surface area (Å²) in [4.78, 5) is 14.6. The molecule has 1 N–H and O–H groups in total. The van der Waals surface area contributed by atoms with Crippen LogP contribution >= 0.6 is 0 Å². The lowest BCUT2D eigenvalue weighted by Crippen LogP contribution is -2.36. The molecule has 0 aromatic heterocycles. The average Bonchev–Trinajstić information content (AvgIpc) is 2.62. The first-order valence-electron chi connectivity index (χ1n) is 8.95. The van der Waals surface area contributed by atoms with Gasteiger partial charge in [-0.3, -0.25) is 4.79 Å². The number of ether oxygens (including phenoxy) is 1. The van der Waals surface area contributed by atoms with E-state index >= 15 is 0 Å². The second-order valence-corrected chi connectivity index (χ2v) is 6.27. The zero-order chi connectivity index (χ0) is 16.5. The van der Waals surface area contributed by atoms with Crippen LogP contribution in [0, 0.1) is 5.92 Å². The molecule has 1 saturated heterocycles. The molecule has 0 spiro atoms. The zero-order valence-corrected chi connectivity index (χ0v) is 14.5. The first-order valence-corrected chi connectivity index (χ1v) is 8.95. The van der Waals surface area contributed by atoms with Crippen molar-refractivity contribution in [3.05, 3.63) is 29.8 Å². The number of benzene rings is 1. The van der Waals surface area contributed by atoms with Crippen LogP contribution in [0.4, 0.5) is 5.69 Å². The van der Waals surface area contributed by atoms with E-state index in [2.05, 4.69) is 24.1 Å². The summed E-state index contributed by atoms with van der Waals surface area (Å²) in [7, 11) is 0. The van der Waals surface area contributed by atoms with Gasteiger partial charge in [0.05, 0.1) is 13.2 Å². The molecule has 1 aromatic carbocycles. The summed E-state index contributed by atoms with van der Waals surface area (Å²) in [6.07, 6.45) is 4.77. The highest BCUT2D eigenvalue weighted by molar-refractivity contribution is 5.94. The zero-order valence-electron chi connectivity index (χ0n) is 14.5. The van der Waals surface area contributed by atoms with Crippen LogP contribution in [0.15, 0.2) is 24.3 Å². The molecule has 4 heteroatoms. The normalized spacial score (nSPS) is 16.2. The van der Waals surface area contributed by atoms with E-state index in [-0.39, 0.29) is 5.91 Å². The Morgan fingerprint density at radius 3 is 2.52 bits per heavy atom. The molecule has 0 bridgehead atoms. The fourth-order valence-electron chi connectivity index (χ4n) is 2.93. The molecule has 1 aliphatic heterocycles. The number of anilines is 1. The van der Waals surface area contributed by atoms with E-state index in [0.717, 1.165) is 44.8 Å². The molecule has 0 radical (unpaired) electrons. The Hall–Kier alpha value is -1.55. The molecule has 1 unspecified atom stereocenters. The molecule has 0 aliphatic carbocycles. The molecule has 4 nitrogen and oxygen atoms in total. The van der Waals surface area contributed by atoms with Crippen molar-refractivity contribution in [3.63, 3.8) is 0 Å². The predicted octanol–water partition coefficient (Wildman–Crippen LogP) is 3.47. The van der Waals surface area contributed by atoms with Crippen molar-refractivity contribution >= 4 is 11.6 Å². The molecular formula is C19H30N2O2. The molecule has 1 heterocycles. The van der Waals surface area contributed by atoms with E-state index in [4.69, 9.17) is 4.74 Å². The number of nitrogens with zero attached hydrogens (tertiary/aromatic N) is 1. The first-order chi connectivity index (χ1) is 11.2. The molecular weight excluding hydrogens is 288 g/mol. The van der Waals surface area contributed by atoms with Crippen LogP contribution in [0.2, 0.25) is 0 Å². The van der Waals surface area contributed by atoms with E-state index in [1.165, 1.54) is 24.9 Å². The van der Waals surface area contributed by atoms with Crippen molar-refractivity contribution in [2.24, 2.45) is 5.92 Å². The molecule has 1 aromatic rings. The standard InChI is InChI=1S/C19H30N2O2/c1-3-5-6-16(4-2)15-20-19(22)17-7-9-18(10-8-17)21-11-13-23-14-12-21/h7-10,16H,3-6,11-15H2,1-2H3,(H,20,22). The number of hydrogen-bond acceptors (Lipinski definition) is 3. The SMILES string of the molecule is CCCCC(CC)CNC(=O)c1ccc(N2CCOCC2)cc1. The van der Waals surface area contributed by atoms with Gasteiger partial charge in [-0.05, 0) is 36.6 Å². The minimum Gasteiger partial charge on any atom is -0.378 e. The van der Waals surface area contributed by atoms with Crippen LogP contribution in [0.3, 0.4) is 0 Å². The highest BCUT2D eigenvalue weighted by Gasteiger charge is 2.13. The summed E-state index contributed by atoms with van der Waals surface area (Å²) in [5.41, 5.74) is 1.91. The number of nitrogens with one attached hydrogen (secondary N) is 1. The summed E-state index contributed by atoms with van der Waals surface area (Å²) in [5, 5.41) is 3.09. The predicted molar refractivity (Wildman–Crippen MR) is 95.1 cm³/mol. The van der Waals surface area contributed by atoms with E-state index in [0.29, 0.717) is 5.92 Å². The Morgan fingerprint density at radius 2 is 1.91 bits per heavy atom. The van der Waals surface area contributed by atoms with Crippen molar-refractivity contribution in [2.75, 3.05) is 37.7 Å². The summed E-state index contributed by atoms with van der Waals surface area (Å²) in [6, 6.07) is 7.92. The summed E-state index contributed by atoms with van der Waals surface area (Å²) in [6.45, 7) is 8.57. The molecule has 1 atom stereocenters. The quantitative estimate of drug-likeness (QED) is 0.798. The van der Waals surface area contributed by atoms with Crippen LogP contribution in [0.5, 0.6) is 0 Å². The first kappa shape index (κ1) is 17.8. The van der Waals surface area contributed by atoms with Gasteiger partial charge in [0.25, 0.3) is 5.91 Å². The minimum absolute atomic E-state index is 0.0356. The smallest absolute Gasteiger partial charge is 0.251 e. The Bertz CT molecular complexity index is 467. The van der Waals surface area contributed by atoms with Gasteiger partial charge in [-0.1, -0.05) is 33.1 Å². The highest BCUT2D eigenvalue weighted by Crippen LogP contribution is 2.17. The summed E-state index contributed by atoms with van der Waals surface area (Å²) in [5.74, 6) is 0.625. The van der Waals surface area contributed by atoms with Crippen molar-refractivity contribution < 1.29 is 9.53 Å². The second-order valence-electron chi connectivity index (χ2n) is 6.27. The molecule has 128 valence electrons. The highest BCUT2D eigenvalue weighted by atomic mass is 16.5. The molecule has 23 heavy (non-hydrogen) atoms. The molecule has 1 fully saturated rings. The van der Waals surface area contributed by atoms with Gasteiger partial charge >= 0.3 is 0 Å². The number of unbranched alkanes of at least 4 members (excludes halogenated alkanes) is 1. The van der Waals surface area contributed by atoms with Gasteiger partial charge in [0, 0.05) is 30.9 Å².